The summed E-state index contributed by atoms with van der Waals surface area (Å²) in [5.41, 5.74) is -1.86. The molecule has 2 aliphatic rings. The highest BCUT2D eigenvalue weighted by Crippen LogP contribution is 2.63. The molecule has 25 heavy (non-hydrogen) atoms. The normalized spacial score (nSPS) is 33.9. The van der Waals surface area contributed by atoms with Crippen molar-refractivity contribution in [3.63, 3.8) is 0 Å². The third kappa shape index (κ3) is 3.63. The van der Waals surface area contributed by atoms with E-state index in [1.54, 1.807) is 0 Å². The Morgan fingerprint density at radius 1 is 1.16 bits per heavy atom. The number of hydrogen-bond donors (Lipinski definition) is 1. The second-order valence-corrected chi connectivity index (χ2v) is 10.9. The predicted molar refractivity (Wildman–Crippen MR) is 102 cm³/mol. The molecule has 0 aromatic heterocycles. The maximum Gasteiger partial charge on any atom is 0.312 e. The zero-order chi connectivity index (χ0) is 19.3. The number of rotatable bonds is 5. The first kappa shape index (κ1) is 20.7. The standard InChI is InChI=1S/C22H40O3/c1-9-18(2,3)17(23)25-20(6,7)22-12-10-11-16(14-22)13-21(8,15-22)19(4,5)24/h16,24H,9-15H2,1-8H3. The average Bonchev–Trinajstić information content (AvgIpc) is 2.44. The fourth-order valence-corrected chi connectivity index (χ4v) is 5.13. The number of carbonyl (C=O) groups excluding carboxylic acids is 1. The van der Waals surface area contributed by atoms with Gasteiger partial charge in [0.25, 0.3) is 0 Å². The molecule has 3 nitrogen and oxygen atoms in total. The number of carbonyl (C=O) groups is 1. The molecule has 0 radical (unpaired) electrons. The summed E-state index contributed by atoms with van der Waals surface area (Å²) in [4.78, 5) is 12.8. The van der Waals surface area contributed by atoms with E-state index >= 15 is 0 Å². The van der Waals surface area contributed by atoms with Crippen LogP contribution in [-0.4, -0.2) is 22.3 Å². The minimum Gasteiger partial charge on any atom is -0.459 e. The van der Waals surface area contributed by atoms with Gasteiger partial charge in [-0.2, -0.15) is 0 Å². The molecule has 2 saturated carbocycles. The summed E-state index contributed by atoms with van der Waals surface area (Å²) in [6.45, 7) is 16.3. The highest BCUT2D eigenvalue weighted by atomic mass is 16.6. The van der Waals surface area contributed by atoms with Crippen molar-refractivity contribution in [2.24, 2.45) is 22.2 Å². The number of fused-ring (bicyclic) bond motifs is 2. The first-order valence-electron chi connectivity index (χ1n) is 10.1. The fraction of sp³-hybridized carbons (Fsp3) is 0.955. The number of ether oxygens (including phenoxy) is 1. The van der Waals surface area contributed by atoms with Crippen molar-refractivity contribution in [1.82, 2.24) is 0 Å². The van der Waals surface area contributed by atoms with Crippen molar-refractivity contribution >= 4 is 5.97 Å². The summed E-state index contributed by atoms with van der Waals surface area (Å²) < 4.78 is 6.19. The van der Waals surface area contributed by atoms with Crippen LogP contribution in [0.3, 0.4) is 0 Å². The molecule has 0 saturated heterocycles. The third-order valence-corrected chi connectivity index (χ3v) is 7.95. The first-order valence-corrected chi connectivity index (χ1v) is 10.1. The molecule has 0 aromatic rings. The highest BCUT2D eigenvalue weighted by molar-refractivity contribution is 5.76. The Morgan fingerprint density at radius 3 is 2.28 bits per heavy atom. The third-order valence-electron chi connectivity index (χ3n) is 7.95. The quantitative estimate of drug-likeness (QED) is 0.665. The van der Waals surface area contributed by atoms with Crippen LogP contribution in [0.1, 0.15) is 100 Å². The molecule has 1 N–H and O–H groups in total. The van der Waals surface area contributed by atoms with E-state index in [1.807, 2.05) is 34.6 Å². The minimum atomic E-state index is -0.725. The van der Waals surface area contributed by atoms with Crippen LogP contribution in [0.15, 0.2) is 0 Å². The molecule has 0 heterocycles. The molecule has 0 amide bonds. The van der Waals surface area contributed by atoms with Gasteiger partial charge in [0.2, 0.25) is 0 Å². The van der Waals surface area contributed by atoms with E-state index in [0.717, 1.165) is 32.1 Å². The van der Waals surface area contributed by atoms with Crippen molar-refractivity contribution in [2.75, 3.05) is 0 Å². The van der Waals surface area contributed by atoms with Gasteiger partial charge in [-0.1, -0.05) is 26.7 Å². The monoisotopic (exact) mass is 352 g/mol. The summed E-state index contributed by atoms with van der Waals surface area (Å²) in [6.07, 6.45) is 7.41. The molecular weight excluding hydrogens is 312 g/mol. The number of esters is 1. The maximum absolute atomic E-state index is 12.8. The largest absolute Gasteiger partial charge is 0.459 e. The second-order valence-electron chi connectivity index (χ2n) is 10.9. The lowest BCUT2D eigenvalue weighted by molar-refractivity contribution is -0.210. The van der Waals surface area contributed by atoms with Crippen LogP contribution in [0, 0.1) is 22.2 Å². The molecule has 2 bridgehead atoms. The molecule has 3 unspecified atom stereocenters. The number of hydrogen-bond acceptors (Lipinski definition) is 3. The van der Waals surface area contributed by atoms with Crippen molar-refractivity contribution in [2.45, 2.75) is 112 Å². The van der Waals surface area contributed by atoms with Crippen LogP contribution in [0.25, 0.3) is 0 Å². The van der Waals surface area contributed by atoms with E-state index in [1.165, 1.54) is 12.8 Å². The number of aliphatic hydroxyl groups is 1. The van der Waals surface area contributed by atoms with E-state index in [9.17, 15) is 9.90 Å². The zero-order valence-corrected chi connectivity index (χ0v) is 17.8. The van der Waals surface area contributed by atoms with Crippen LogP contribution in [0.4, 0.5) is 0 Å². The van der Waals surface area contributed by atoms with Gasteiger partial charge < -0.3 is 9.84 Å². The molecule has 3 atom stereocenters. The molecule has 2 fully saturated rings. The Balaban J connectivity index is 2.34. The van der Waals surface area contributed by atoms with Gasteiger partial charge >= 0.3 is 5.97 Å². The summed E-state index contributed by atoms with van der Waals surface area (Å²) >= 11 is 0. The van der Waals surface area contributed by atoms with Crippen LogP contribution in [-0.2, 0) is 9.53 Å². The smallest absolute Gasteiger partial charge is 0.312 e. The molecule has 0 spiro atoms. The van der Waals surface area contributed by atoms with Crippen LogP contribution in [0.5, 0.6) is 0 Å². The molecule has 0 aromatic carbocycles. The van der Waals surface area contributed by atoms with Gasteiger partial charge in [0.15, 0.2) is 0 Å². The second kappa shape index (κ2) is 6.25. The lowest BCUT2D eigenvalue weighted by Crippen LogP contribution is -2.59. The maximum atomic E-state index is 12.8. The van der Waals surface area contributed by atoms with Gasteiger partial charge in [0.1, 0.15) is 5.60 Å². The lowest BCUT2D eigenvalue weighted by atomic mass is 9.47. The fourth-order valence-electron chi connectivity index (χ4n) is 5.13. The van der Waals surface area contributed by atoms with E-state index in [2.05, 4.69) is 20.8 Å². The summed E-state index contributed by atoms with van der Waals surface area (Å²) in [5, 5.41) is 10.9. The van der Waals surface area contributed by atoms with Crippen molar-refractivity contribution in [1.29, 1.82) is 0 Å². The van der Waals surface area contributed by atoms with E-state index < -0.39 is 16.6 Å². The van der Waals surface area contributed by atoms with E-state index in [4.69, 9.17) is 4.74 Å². The molecule has 2 aliphatic carbocycles. The topological polar surface area (TPSA) is 46.5 Å². The Morgan fingerprint density at radius 2 is 1.76 bits per heavy atom. The zero-order valence-electron chi connectivity index (χ0n) is 17.8. The Labute approximate surface area is 154 Å². The van der Waals surface area contributed by atoms with E-state index in [-0.39, 0.29) is 16.8 Å². The first-order chi connectivity index (χ1) is 11.2. The molecule has 146 valence electrons. The summed E-state index contributed by atoms with van der Waals surface area (Å²) in [5.74, 6) is 0.531. The molecular formula is C22H40O3. The Hall–Kier alpha value is -0.570. The minimum absolute atomic E-state index is 0.0393. The van der Waals surface area contributed by atoms with Crippen molar-refractivity contribution < 1.29 is 14.6 Å². The highest BCUT2D eigenvalue weighted by Gasteiger charge is 2.59. The van der Waals surface area contributed by atoms with E-state index in [0.29, 0.717) is 5.92 Å². The van der Waals surface area contributed by atoms with Crippen LogP contribution in [0.2, 0.25) is 0 Å². The lowest BCUT2D eigenvalue weighted by Gasteiger charge is -2.61. The van der Waals surface area contributed by atoms with Crippen LogP contribution >= 0.6 is 0 Å². The Bertz CT molecular complexity index is 514. The summed E-state index contributed by atoms with van der Waals surface area (Å²) in [6, 6.07) is 0. The van der Waals surface area contributed by atoms with Gasteiger partial charge in [-0.25, -0.2) is 0 Å². The predicted octanol–water partition coefficient (Wildman–Crippen LogP) is 5.49. The molecule has 3 heteroatoms. The van der Waals surface area contributed by atoms with Crippen molar-refractivity contribution in [3.05, 3.63) is 0 Å². The van der Waals surface area contributed by atoms with Crippen LogP contribution < -0.4 is 0 Å². The van der Waals surface area contributed by atoms with Crippen molar-refractivity contribution in [3.8, 4) is 0 Å². The van der Waals surface area contributed by atoms with Gasteiger partial charge in [-0.05, 0) is 85.0 Å². The molecule has 0 aliphatic heterocycles. The van der Waals surface area contributed by atoms with Gasteiger partial charge in [-0.3, -0.25) is 4.79 Å². The van der Waals surface area contributed by atoms with Gasteiger partial charge in [0.05, 0.1) is 11.0 Å². The molecule has 2 rings (SSSR count). The summed E-state index contributed by atoms with van der Waals surface area (Å²) in [7, 11) is 0. The SMILES string of the molecule is CCC(C)(C)C(=O)OC(C)(C)C12CCCC(CC(C)(C(C)(C)O)C1)C2. The van der Waals surface area contributed by atoms with Gasteiger partial charge in [-0.15, -0.1) is 0 Å². The average molecular weight is 353 g/mol. The van der Waals surface area contributed by atoms with Gasteiger partial charge in [0, 0.05) is 5.41 Å². The Kier molecular flexibility index (Phi) is 5.18.